The molecule has 0 saturated carbocycles. The summed E-state index contributed by atoms with van der Waals surface area (Å²) in [5.74, 6) is 0. The van der Waals surface area contributed by atoms with Gasteiger partial charge in [-0.15, -0.1) is 0 Å². The van der Waals surface area contributed by atoms with Gasteiger partial charge < -0.3 is 16.0 Å². The highest BCUT2D eigenvalue weighted by atomic mass is 32.2. The molecule has 1 aromatic rings. The van der Waals surface area contributed by atoms with E-state index in [1.165, 1.54) is 12.1 Å². The number of nitrogens with one attached hydrogen (secondary N) is 1. The van der Waals surface area contributed by atoms with Gasteiger partial charge in [-0.3, -0.25) is 0 Å². The molecule has 0 fully saturated rings. The van der Waals surface area contributed by atoms with Gasteiger partial charge >= 0.3 is 0 Å². The summed E-state index contributed by atoms with van der Waals surface area (Å²) in [4.78, 5) is 2.09. The fourth-order valence-electron chi connectivity index (χ4n) is 1.36. The zero-order chi connectivity index (χ0) is 14.8. The molecule has 0 heterocycles. The summed E-state index contributed by atoms with van der Waals surface area (Å²) in [5, 5.41) is 8.28. The lowest BCUT2D eigenvalue weighted by atomic mass is 10.0. The van der Waals surface area contributed by atoms with Gasteiger partial charge in [0.15, 0.2) is 0 Å². The van der Waals surface area contributed by atoms with Crippen LogP contribution in [0.1, 0.15) is 13.8 Å². The van der Waals surface area contributed by atoms with E-state index in [0.717, 1.165) is 0 Å². The molecule has 0 atom stereocenters. The van der Waals surface area contributed by atoms with Crippen molar-refractivity contribution in [1.82, 2.24) is 4.90 Å². The number of rotatable bonds is 5. The van der Waals surface area contributed by atoms with E-state index in [0.29, 0.717) is 17.9 Å². The minimum atomic E-state index is -3.75. The molecule has 0 aromatic heterocycles. The normalized spacial score (nSPS) is 12.7. The second-order valence-corrected chi connectivity index (χ2v) is 6.96. The molecular formula is C12H22N4O2S. The second-order valence-electron chi connectivity index (χ2n) is 5.40. The minimum absolute atomic E-state index is 0.0117. The summed E-state index contributed by atoms with van der Waals surface area (Å²) < 4.78 is 22.7. The highest BCUT2D eigenvalue weighted by Crippen LogP contribution is 2.21. The molecule has 19 heavy (non-hydrogen) atoms. The second kappa shape index (κ2) is 5.36. The third-order valence-electron chi connectivity index (χ3n) is 3.19. The van der Waals surface area contributed by atoms with Gasteiger partial charge in [-0.1, -0.05) is 0 Å². The number of likely N-dealkylation sites (N-methyl/N-ethyl adjacent to an activating group) is 1. The van der Waals surface area contributed by atoms with Gasteiger partial charge in [-0.2, -0.15) is 0 Å². The van der Waals surface area contributed by atoms with E-state index in [1.807, 2.05) is 14.1 Å². The van der Waals surface area contributed by atoms with E-state index >= 15 is 0 Å². The molecule has 0 radical (unpaired) electrons. The van der Waals surface area contributed by atoms with Crippen LogP contribution in [0.4, 0.5) is 11.4 Å². The largest absolute Gasteiger partial charge is 0.399 e. The van der Waals surface area contributed by atoms with Crippen LogP contribution in [0, 0.1) is 0 Å². The average molecular weight is 286 g/mol. The highest BCUT2D eigenvalue weighted by molar-refractivity contribution is 7.89. The van der Waals surface area contributed by atoms with Gasteiger partial charge in [-0.05, 0) is 46.1 Å². The highest BCUT2D eigenvalue weighted by Gasteiger charge is 2.20. The standard InChI is InChI=1S/C12H22N4O2S/c1-12(2,16(3)4)8-15-10-5-9(13)6-11(7-10)19(14,17)18/h5-7,15H,8,13H2,1-4H3,(H2,14,17,18). The molecule has 1 aromatic carbocycles. The summed E-state index contributed by atoms with van der Waals surface area (Å²) in [6.07, 6.45) is 0. The van der Waals surface area contributed by atoms with E-state index in [9.17, 15) is 8.42 Å². The Morgan fingerprint density at radius 3 is 2.32 bits per heavy atom. The number of hydrogen-bond donors (Lipinski definition) is 3. The number of benzene rings is 1. The Bertz CT molecular complexity index is 553. The topological polar surface area (TPSA) is 101 Å². The van der Waals surface area contributed by atoms with Gasteiger partial charge in [0.2, 0.25) is 10.0 Å². The predicted octanol–water partition coefficient (Wildman–Crippen LogP) is 0.668. The lowest BCUT2D eigenvalue weighted by Gasteiger charge is -2.33. The van der Waals surface area contributed by atoms with Gasteiger partial charge in [0.05, 0.1) is 4.90 Å². The van der Waals surface area contributed by atoms with E-state index in [4.69, 9.17) is 10.9 Å². The van der Waals surface area contributed by atoms with Crippen molar-refractivity contribution in [2.75, 3.05) is 31.7 Å². The van der Waals surface area contributed by atoms with Crippen molar-refractivity contribution in [2.45, 2.75) is 24.3 Å². The summed E-state index contributed by atoms with van der Waals surface area (Å²) in [6.45, 7) is 4.80. The van der Waals surface area contributed by atoms with Crippen molar-refractivity contribution < 1.29 is 8.42 Å². The molecule has 0 amide bonds. The zero-order valence-electron chi connectivity index (χ0n) is 11.8. The molecule has 1 rings (SSSR count). The Labute approximate surface area is 114 Å². The molecule has 0 aliphatic carbocycles. The van der Waals surface area contributed by atoms with Gasteiger partial charge in [0.25, 0.3) is 0 Å². The molecule has 0 aliphatic heterocycles. The van der Waals surface area contributed by atoms with Crippen molar-refractivity contribution in [3.63, 3.8) is 0 Å². The number of nitrogen functional groups attached to an aromatic ring is 1. The van der Waals surface area contributed by atoms with Crippen molar-refractivity contribution >= 4 is 21.4 Å². The SMILES string of the molecule is CN(C)C(C)(C)CNc1cc(N)cc(S(N)(=O)=O)c1. The lowest BCUT2D eigenvalue weighted by molar-refractivity contribution is 0.210. The Morgan fingerprint density at radius 2 is 1.84 bits per heavy atom. The van der Waals surface area contributed by atoms with Crippen LogP contribution in [0.2, 0.25) is 0 Å². The van der Waals surface area contributed by atoms with Crippen LogP contribution in [0.15, 0.2) is 23.1 Å². The molecule has 0 spiro atoms. The minimum Gasteiger partial charge on any atom is -0.399 e. The predicted molar refractivity (Wildman–Crippen MR) is 78.5 cm³/mol. The van der Waals surface area contributed by atoms with Crippen LogP contribution >= 0.6 is 0 Å². The molecule has 0 unspecified atom stereocenters. The maximum atomic E-state index is 11.3. The van der Waals surface area contributed by atoms with Crippen LogP contribution in [0.3, 0.4) is 0 Å². The Balaban J connectivity index is 2.95. The van der Waals surface area contributed by atoms with Gasteiger partial charge in [0, 0.05) is 23.5 Å². The summed E-state index contributed by atoms with van der Waals surface area (Å²) in [5.41, 5.74) is 6.60. The molecule has 0 saturated heterocycles. The molecular weight excluding hydrogens is 264 g/mol. The van der Waals surface area contributed by atoms with E-state index in [-0.39, 0.29) is 10.4 Å². The van der Waals surface area contributed by atoms with E-state index in [1.54, 1.807) is 6.07 Å². The van der Waals surface area contributed by atoms with Crippen LogP contribution in [0.5, 0.6) is 0 Å². The molecule has 6 nitrogen and oxygen atoms in total. The first-order chi connectivity index (χ1) is 8.52. The lowest BCUT2D eigenvalue weighted by Crippen LogP contribution is -2.44. The first kappa shape index (κ1) is 15.7. The number of nitrogens with two attached hydrogens (primary N) is 2. The van der Waals surface area contributed by atoms with E-state index < -0.39 is 10.0 Å². The number of hydrogen-bond acceptors (Lipinski definition) is 5. The number of primary sulfonamides is 1. The third-order valence-corrected chi connectivity index (χ3v) is 4.09. The fraction of sp³-hybridized carbons (Fsp3) is 0.500. The number of anilines is 2. The van der Waals surface area contributed by atoms with Crippen molar-refractivity contribution in [1.29, 1.82) is 0 Å². The third kappa shape index (κ3) is 4.38. The summed E-state index contributed by atoms with van der Waals surface area (Å²) in [7, 11) is 0.218. The van der Waals surface area contributed by atoms with Gasteiger partial charge in [0.1, 0.15) is 0 Å². The van der Waals surface area contributed by atoms with Crippen molar-refractivity contribution in [3.05, 3.63) is 18.2 Å². The first-order valence-corrected chi connectivity index (χ1v) is 7.42. The van der Waals surface area contributed by atoms with Gasteiger partial charge in [-0.25, -0.2) is 13.6 Å². The van der Waals surface area contributed by atoms with Crippen LogP contribution < -0.4 is 16.2 Å². The quantitative estimate of drug-likeness (QED) is 0.691. The molecule has 0 bridgehead atoms. The van der Waals surface area contributed by atoms with Crippen LogP contribution in [-0.2, 0) is 10.0 Å². The molecule has 108 valence electrons. The maximum Gasteiger partial charge on any atom is 0.238 e. The van der Waals surface area contributed by atoms with Crippen molar-refractivity contribution in [2.24, 2.45) is 5.14 Å². The molecule has 5 N–H and O–H groups in total. The first-order valence-electron chi connectivity index (χ1n) is 5.87. The average Bonchev–Trinajstić information content (AvgIpc) is 2.24. The van der Waals surface area contributed by atoms with Crippen molar-refractivity contribution in [3.8, 4) is 0 Å². The Morgan fingerprint density at radius 1 is 1.26 bits per heavy atom. The molecule has 0 aliphatic rings. The summed E-state index contributed by atoms with van der Waals surface area (Å²) >= 11 is 0. The monoisotopic (exact) mass is 286 g/mol. The zero-order valence-corrected chi connectivity index (χ0v) is 12.6. The maximum absolute atomic E-state index is 11.3. The number of sulfonamides is 1. The van der Waals surface area contributed by atoms with Crippen LogP contribution in [-0.4, -0.2) is 39.5 Å². The number of nitrogens with zero attached hydrogens (tertiary/aromatic N) is 1. The van der Waals surface area contributed by atoms with E-state index in [2.05, 4.69) is 24.1 Å². The fourth-order valence-corrected chi connectivity index (χ4v) is 1.96. The summed E-state index contributed by atoms with van der Waals surface area (Å²) in [6, 6.07) is 4.51. The Hall–Kier alpha value is -1.31. The Kier molecular flexibility index (Phi) is 4.44. The molecule has 7 heteroatoms. The smallest absolute Gasteiger partial charge is 0.238 e. The van der Waals surface area contributed by atoms with Crippen LogP contribution in [0.25, 0.3) is 0 Å².